The molecule has 3 aromatic carbocycles. The van der Waals surface area contributed by atoms with Gasteiger partial charge >= 0.3 is 0 Å². The van der Waals surface area contributed by atoms with Crippen LogP contribution in [0.5, 0.6) is 11.5 Å². The first-order valence-electron chi connectivity index (χ1n) is 10.3. The lowest BCUT2D eigenvalue weighted by Crippen LogP contribution is -2.13. The minimum atomic E-state index is -0.180. The maximum absolute atomic E-state index is 13.1. The van der Waals surface area contributed by atoms with Crippen molar-refractivity contribution >= 4 is 23.4 Å². The van der Waals surface area contributed by atoms with Crippen molar-refractivity contribution in [1.29, 1.82) is 0 Å². The highest BCUT2D eigenvalue weighted by Gasteiger charge is 2.14. The van der Waals surface area contributed by atoms with Gasteiger partial charge in [0, 0.05) is 28.0 Å². The number of aromatic nitrogens is 1. The fraction of sp³-hybridized carbons (Fsp3) is 0.154. The van der Waals surface area contributed by atoms with Gasteiger partial charge < -0.3 is 19.3 Å². The van der Waals surface area contributed by atoms with Crippen LogP contribution in [0.25, 0.3) is 11.1 Å². The summed E-state index contributed by atoms with van der Waals surface area (Å²) in [7, 11) is 3.26. The number of nitrogens with one attached hydrogen (secondary N) is 1. The minimum absolute atomic E-state index is 0.180. The molecule has 1 amide bonds. The Hall–Kier alpha value is -3.71. The lowest BCUT2D eigenvalue weighted by Gasteiger charge is -2.13. The van der Waals surface area contributed by atoms with Crippen molar-refractivity contribution in [3.8, 4) is 22.6 Å². The van der Waals surface area contributed by atoms with E-state index in [4.69, 9.17) is 14.0 Å². The van der Waals surface area contributed by atoms with E-state index < -0.39 is 0 Å². The Morgan fingerprint density at radius 1 is 1.00 bits per heavy atom. The highest BCUT2D eigenvalue weighted by atomic mass is 32.2. The standard InChI is InChI=1S/C26H24N2O4S/c1-17-14-20(28-32-17)16-33-25-7-5-4-6-22(25)26(29)27-19-10-13-24(31-3)23(15-19)18-8-11-21(30-2)12-9-18/h4-15H,16H2,1-3H3,(H,27,29). The first-order chi connectivity index (χ1) is 16.1. The van der Waals surface area contributed by atoms with Crippen LogP contribution in [0.15, 0.2) is 82.2 Å². The first-order valence-corrected chi connectivity index (χ1v) is 11.3. The maximum atomic E-state index is 13.1. The van der Waals surface area contributed by atoms with Crippen molar-refractivity contribution in [3.63, 3.8) is 0 Å². The number of methoxy groups -OCH3 is 2. The quantitative estimate of drug-likeness (QED) is 0.315. The molecule has 0 radical (unpaired) electrons. The molecule has 4 aromatic rings. The normalized spacial score (nSPS) is 10.6. The molecule has 0 aliphatic heterocycles. The van der Waals surface area contributed by atoms with Gasteiger partial charge in [-0.25, -0.2) is 0 Å². The van der Waals surface area contributed by atoms with Crippen LogP contribution in [0, 0.1) is 6.92 Å². The second-order valence-electron chi connectivity index (χ2n) is 7.31. The number of thioether (sulfide) groups is 1. The molecule has 1 heterocycles. The minimum Gasteiger partial charge on any atom is -0.497 e. The summed E-state index contributed by atoms with van der Waals surface area (Å²) in [4.78, 5) is 14.0. The molecule has 7 heteroatoms. The topological polar surface area (TPSA) is 73.6 Å². The summed E-state index contributed by atoms with van der Waals surface area (Å²) in [5, 5.41) is 7.04. The van der Waals surface area contributed by atoms with Crippen LogP contribution >= 0.6 is 11.8 Å². The number of hydrogen-bond acceptors (Lipinski definition) is 6. The Balaban J connectivity index is 1.55. The second-order valence-corrected chi connectivity index (χ2v) is 8.33. The van der Waals surface area contributed by atoms with Crippen molar-refractivity contribution in [2.75, 3.05) is 19.5 Å². The summed E-state index contributed by atoms with van der Waals surface area (Å²) in [6.07, 6.45) is 0. The van der Waals surface area contributed by atoms with Crippen LogP contribution in [-0.4, -0.2) is 25.3 Å². The molecule has 1 N–H and O–H groups in total. The third-order valence-corrected chi connectivity index (χ3v) is 6.15. The summed E-state index contributed by atoms with van der Waals surface area (Å²) >= 11 is 1.55. The third kappa shape index (κ3) is 5.38. The summed E-state index contributed by atoms with van der Waals surface area (Å²) in [5.74, 6) is 2.70. The predicted molar refractivity (Wildman–Crippen MR) is 130 cm³/mol. The SMILES string of the molecule is COc1ccc(-c2cc(NC(=O)c3ccccc3SCc3cc(C)on3)ccc2OC)cc1. The summed E-state index contributed by atoms with van der Waals surface area (Å²) < 4.78 is 15.9. The molecule has 1 aromatic heterocycles. The molecular weight excluding hydrogens is 436 g/mol. The number of carbonyl (C=O) groups is 1. The summed E-state index contributed by atoms with van der Waals surface area (Å²) in [6.45, 7) is 1.86. The number of rotatable bonds is 8. The Bertz CT molecular complexity index is 1250. The molecule has 0 spiro atoms. The number of benzene rings is 3. The zero-order valence-corrected chi connectivity index (χ0v) is 19.4. The number of aryl methyl sites for hydroxylation is 1. The van der Waals surface area contributed by atoms with Crippen molar-refractivity contribution in [2.24, 2.45) is 0 Å². The van der Waals surface area contributed by atoms with E-state index in [9.17, 15) is 4.79 Å². The van der Waals surface area contributed by atoms with Crippen LogP contribution in [0.2, 0.25) is 0 Å². The van der Waals surface area contributed by atoms with Crippen LogP contribution in [-0.2, 0) is 5.75 Å². The molecular formula is C26H24N2O4S. The fourth-order valence-electron chi connectivity index (χ4n) is 3.40. The van der Waals surface area contributed by atoms with Gasteiger partial charge in [-0.15, -0.1) is 11.8 Å². The number of hydrogen-bond donors (Lipinski definition) is 1. The van der Waals surface area contributed by atoms with Gasteiger partial charge in [0.05, 0.1) is 25.5 Å². The second kappa shape index (κ2) is 10.3. The lowest BCUT2D eigenvalue weighted by atomic mass is 10.0. The monoisotopic (exact) mass is 460 g/mol. The van der Waals surface area contributed by atoms with Crippen molar-refractivity contribution in [2.45, 2.75) is 17.6 Å². The van der Waals surface area contributed by atoms with E-state index in [1.807, 2.05) is 79.7 Å². The molecule has 0 aliphatic rings. The van der Waals surface area contributed by atoms with E-state index in [0.717, 1.165) is 39.0 Å². The molecule has 0 bridgehead atoms. The number of amides is 1. The van der Waals surface area contributed by atoms with E-state index in [2.05, 4.69) is 10.5 Å². The summed E-state index contributed by atoms with van der Waals surface area (Å²) in [5.41, 5.74) is 3.96. The van der Waals surface area contributed by atoms with Crippen molar-refractivity contribution in [3.05, 3.63) is 89.8 Å². The van der Waals surface area contributed by atoms with Crippen LogP contribution in [0.1, 0.15) is 21.8 Å². The Kier molecular flexibility index (Phi) is 7.00. The highest BCUT2D eigenvalue weighted by molar-refractivity contribution is 7.98. The first kappa shape index (κ1) is 22.5. The molecule has 0 fully saturated rings. The van der Waals surface area contributed by atoms with Crippen molar-refractivity contribution < 1.29 is 18.8 Å². The fourth-order valence-corrected chi connectivity index (χ4v) is 4.33. The van der Waals surface area contributed by atoms with E-state index in [1.165, 1.54) is 0 Å². The predicted octanol–water partition coefficient (Wildman–Crippen LogP) is 6.21. The van der Waals surface area contributed by atoms with Crippen LogP contribution < -0.4 is 14.8 Å². The van der Waals surface area contributed by atoms with Gasteiger partial charge in [0.15, 0.2) is 0 Å². The van der Waals surface area contributed by atoms with Crippen LogP contribution in [0.4, 0.5) is 5.69 Å². The van der Waals surface area contributed by atoms with Crippen LogP contribution in [0.3, 0.4) is 0 Å². The molecule has 0 unspecified atom stereocenters. The maximum Gasteiger partial charge on any atom is 0.256 e. The summed E-state index contributed by atoms with van der Waals surface area (Å²) in [6, 6.07) is 22.7. The van der Waals surface area contributed by atoms with E-state index >= 15 is 0 Å². The van der Waals surface area contributed by atoms with Gasteiger partial charge in [-0.05, 0) is 55.0 Å². The smallest absolute Gasteiger partial charge is 0.256 e. The number of anilines is 1. The third-order valence-electron chi connectivity index (χ3n) is 5.04. The van der Waals surface area contributed by atoms with Gasteiger partial charge in [0.1, 0.15) is 17.3 Å². The average molecular weight is 461 g/mol. The van der Waals surface area contributed by atoms with E-state index in [1.54, 1.807) is 26.0 Å². The average Bonchev–Trinajstić information content (AvgIpc) is 3.28. The Morgan fingerprint density at radius 3 is 2.48 bits per heavy atom. The van der Waals surface area contributed by atoms with Gasteiger partial charge in [0.2, 0.25) is 0 Å². The number of carbonyl (C=O) groups excluding carboxylic acids is 1. The molecule has 6 nitrogen and oxygen atoms in total. The van der Waals surface area contributed by atoms with E-state index in [0.29, 0.717) is 17.0 Å². The van der Waals surface area contributed by atoms with E-state index in [-0.39, 0.29) is 5.91 Å². The molecule has 0 saturated heterocycles. The molecule has 33 heavy (non-hydrogen) atoms. The highest BCUT2D eigenvalue weighted by Crippen LogP contribution is 2.34. The molecule has 168 valence electrons. The van der Waals surface area contributed by atoms with Gasteiger partial charge in [-0.1, -0.05) is 29.4 Å². The molecule has 0 aliphatic carbocycles. The molecule has 0 saturated carbocycles. The van der Waals surface area contributed by atoms with Gasteiger partial charge in [-0.2, -0.15) is 0 Å². The van der Waals surface area contributed by atoms with Gasteiger partial charge in [-0.3, -0.25) is 4.79 Å². The number of ether oxygens (including phenoxy) is 2. The van der Waals surface area contributed by atoms with Crippen molar-refractivity contribution in [1.82, 2.24) is 5.16 Å². The molecule has 4 rings (SSSR count). The number of nitrogens with zero attached hydrogens (tertiary/aromatic N) is 1. The zero-order valence-electron chi connectivity index (χ0n) is 18.6. The largest absolute Gasteiger partial charge is 0.497 e. The van der Waals surface area contributed by atoms with Gasteiger partial charge in [0.25, 0.3) is 5.91 Å². The zero-order chi connectivity index (χ0) is 23.2. The Morgan fingerprint density at radius 2 is 1.79 bits per heavy atom. The lowest BCUT2D eigenvalue weighted by molar-refractivity contribution is 0.102. The Labute approximate surface area is 196 Å². The molecule has 0 atom stereocenters.